The number of nitrogens with zero attached hydrogens (tertiary/aromatic N) is 3. The van der Waals surface area contributed by atoms with Gasteiger partial charge < -0.3 is 14.2 Å². The molecule has 1 aromatic heterocycles. The Balaban J connectivity index is 1.74. The zero-order valence-electron chi connectivity index (χ0n) is 14.0. The molecule has 2 heterocycles. The highest BCUT2D eigenvalue weighted by atomic mass is 19.1. The maximum Gasteiger partial charge on any atom is 0.227 e. The fourth-order valence-electron chi connectivity index (χ4n) is 3.21. The molecule has 0 unspecified atom stereocenters. The van der Waals surface area contributed by atoms with Gasteiger partial charge >= 0.3 is 0 Å². The summed E-state index contributed by atoms with van der Waals surface area (Å²) in [7, 11) is 1.68. The lowest BCUT2D eigenvalue weighted by Gasteiger charge is -2.34. The van der Waals surface area contributed by atoms with Gasteiger partial charge in [-0.15, -0.1) is 0 Å². The van der Waals surface area contributed by atoms with E-state index >= 15 is 0 Å². The predicted octanol–water partition coefficient (Wildman–Crippen LogP) is 2.36. The van der Waals surface area contributed by atoms with E-state index in [1.54, 1.807) is 30.2 Å². The van der Waals surface area contributed by atoms with Crippen molar-refractivity contribution in [1.29, 1.82) is 0 Å². The third kappa shape index (κ3) is 3.19. The number of fused-ring (bicyclic) bond motifs is 1. The molecule has 1 aliphatic heterocycles. The van der Waals surface area contributed by atoms with Gasteiger partial charge in [0, 0.05) is 38.5 Å². The lowest BCUT2D eigenvalue weighted by atomic mass is 10.1. The summed E-state index contributed by atoms with van der Waals surface area (Å²) in [6, 6.07) is 6.31. The Morgan fingerprint density at radius 3 is 2.92 bits per heavy atom. The van der Waals surface area contributed by atoms with Crippen LogP contribution in [-0.4, -0.2) is 40.6 Å². The molecular formula is C18H22FN3O2. The first-order chi connectivity index (χ1) is 11.6. The maximum absolute atomic E-state index is 13.8. The molecule has 0 saturated heterocycles. The number of rotatable bonds is 5. The van der Waals surface area contributed by atoms with E-state index < -0.39 is 0 Å². The van der Waals surface area contributed by atoms with Gasteiger partial charge in [-0.1, -0.05) is 18.2 Å². The number of carbonyl (C=O) groups is 1. The number of methoxy groups -OCH3 is 1. The van der Waals surface area contributed by atoms with Crippen LogP contribution >= 0.6 is 0 Å². The van der Waals surface area contributed by atoms with Crippen LogP contribution in [0, 0.1) is 5.82 Å². The van der Waals surface area contributed by atoms with Crippen molar-refractivity contribution in [3.63, 3.8) is 0 Å². The third-order valence-corrected chi connectivity index (χ3v) is 4.56. The third-order valence-electron chi connectivity index (χ3n) is 4.56. The Hall–Kier alpha value is -2.21. The number of hydrogen-bond donors (Lipinski definition) is 0. The Morgan fingerprint density at radius 1 is 1.38 bits per heavy atom. The first-order valence-corrected chi connectivity index (χ1v) is 8.18. The van der Waals surface area contributed by atoms with Crippen molar-refractivity contribution < 1.29 is 13.9 Å². The molecule has 0 fully saturated rings. The highest BCUT2D eigenvalue weighted by Gasteiger charge is 2.30. The Bertz CT molecular complexity index is 729. The highest BCUT2D eigenvalue weighted by Crippen LogP contribution is 2.26. The second-order valence-electron chi connectivity index (χ2n) is 6.03. The number of benzene rings is 1. The summed E-state index contributed by atoms with van der Waals surface area (Å²) in [4.78, 5) is 18.9. The Kier molecular flexibility index (Phi) is 4.94. The minimum absolute atomic E-state index is 0.0692. The van der Waals surface area contributed by atoms with E-state index in [-0.39, 0.29) is 24.2 Å². The minimum atomic E-state index is -0.334. The summed E-state index contributed by atoms with van der Waals surface area (Å²) in [6.07, 6.45) is 2.74. The lowest BCUT2D eigenvalue weighted by molar-refractivity contribution is -0.133. The highest BCUT2D eigenvalue weighted by molar-refractivity contribution is 5.79. The van der Waals surface area contributed by atoms with Gasteiger partial charge in [0.1, 0.15) is 11.6 Å². The molecule has 1 aromatic carbocycles. The van der Waals surface area contributed by atoms with E-state index in [1.165, 1.54) is 6.07 Å². The van der Waals surface area contributed by atoms with E-state index in [9.17, 15) is 9.18 Å². The molecule has 1 aliphatic rings. The van der Waals surface area contributed by atoms with Crippen LogP contribution in [0.25, 0.3) is 0 Å². The molecule has 2 aromatic rings. The molecule has 1 atom stereocenters. The number of aromatic nitrogens is 2. The van der Waals surface area contributed by atoms with Crippen molar-refractivity contribution >= 4 is 5.91 Å². The van der Waals surface area contributed by atoms with E-state index in [1.807, 2.05) is 13.1 Å². The molecule has 6 heteroatoms. The molecule has 0 N–H and O–H groups in total. The molecule has 24 heavy (non-hydrogen) atoms. The second kappa shape index (κ2) is 7.13. The van der Waals surface area contributed by atoms with Crippen molar-refractivity contribution in [3.8, 4) is 0 Å². The zero-order chi connectivity index (χ0) is 17.1. The molecule has 5 nitrogen and oxygen atoms in total. The lowest BCUT2D eigenvalue weighted by Crippen LogP contribution is -2.42. The van der Waals surface area contributed by atoms with Crippen LogP contribution in [0.4, 0.5) is 4.39 Å². The summed E-state index contributed by atoms with van der Waals surface area (Å²) >= 11 is 0. The topological polar surface area (TPSA) is 47.4 Å². The molecule has 0 radical (unpaired) electrons. The average molecular weight is 331 g/mol. The average Bonchev–Trinajstić information content (AvgIpc) is 2.99. The van der Waals surface area contributed by atoms with Crippen molar-refractivity contribution in [1.82, 2.24) is 14.5 Å². The van der Waals surface area contributed by atoms with Crippen LogP contribution in [0.3, 0.4) is 0 Å². The van der Waals surface area contributed by atoms with Crippen molar-refractivity contribution in [2.75, 3.05) is 20.3 Å². The number of ether oxygens (including phenoxy) is 1. The minimum Gasteiger partial charge on any atom is -0.384 e. The van der Waals surface area contributed by atoms with Gasteiger partial charge in [0.2, 0.25) is 5.91 Å². The van der Waals surface area contributed by atoms with Gasteiger partial charge in [-0.05, 0) is 18.6 Å². The normalized spacial score (nSPS) is 17.0. The monoisotopic (exact) mass is 331 g/mol. The number of imidazole rings is 1. The van der Waals surface area contributed by atoms with Gasteiger partial charge in [-0.2, -0.15) is 0 Å². The smallest absolute Gasteiger partial charge is 0.227 e. The van der Waals surface area contributed by atoms with Gasteiger partial charge in [0.15, 0.2) is 0 Å². The Labute approximate surface area is 141 Å². The first kappa shape index (κ1) is 16.6. The van der Waals surface area contributed by atoms with E-state index in [4.69, 9.17) is 4.74 Å². The molecule has 1 amide bonds. The van der Waals surface area contributed by atoms with Crippen molar-refractivity contribution in [2.24, 2.45) is 0 Å². The predicted molar refractivity (Wildman–Crippen MR) is 88.0 cm³/mol. The van der Waals surface area contributed by atoms with Crippen molar-refractivity contribution in [2.45, 2.75) is 32.4 Å². The largest absolute Gasteiger partial charge is 0.384 e. The Morgan fingerprint density at radius 2 is 2.17 bits per heavy atom. The van der Waals surface area contributed by atoms with Crippen LogP contribution in [-0.2, 0) is 28.9 Å². The summed E-state index contributed by atoms with van der Waals surface area (Å²) < 4.78 is 21.1. The quantitative estimate of drug-likeness (QED) is 0.845. The first-order valence-electron chi connectivity index (χ1n) is 8.18. The zero-order valence-corrected chi connectivity index (χ0v) is 14.0. The van der Waals surface area contributed by atoms with E-state index in [0.29, 0.717) is 25.3 Å². The van der Waals surface area contributed by atoms with Crippen molar-refractivity contribution in [3.05, 3.63) is 53.4 Å². The summed E-state index contributed by atoms with van der Waals surface area (Å²) in [5.41, 5.74) is 1.56. The number of hydrogen-bond acceptors (Lipinski definition) is 3. The van der Waals surface area contributed by atoms with Crippen LogP contribution in [0.15, 0.2) is 30.5 Å². The van der Waals surface area contributed by atoms with Crippen LogP contribution < -0.4 is 0 Å². The van der Waals surface area contributed by atoms with Gasteiger partial charge in [0.05, 0.1) is 19.1 Å². The van der Waals surface area contributed by atoms with E-state index in [0.717, 1.165) is 17.9 Å². The van der Waals surface area contributed by atoms with Crippen LogP contribution in [0.2, 0.25) is 0 Å². The van der Waals surface area contributed by atoms with Gasteiger partial charge in [0.25, 0.3) is 0 Å². The van der Waals surface area contributed by atoms with E-state index in [2.05, 4.69) is 9.55 Å². The molecule has 0 aliphatic carbocycles. The molecule has 128 valence electrons. The SMILES string of the molecule is COCCc1cnc2n1CCN(C(=O)Cc1ccccc1F)[C@@H]2C. The standard InChI is InChI=1S/C18H22FN3O2/c1-13-18-20-12-15(7-10-24-2)22(18)9-8-21(13)17(23)11-14-5-3-4-6-16(14)19/h3-6,12-13H,7-11H2,1-2H3/t13-/m1/s1. The molecular weight excluding hydrogens is 309 g/mol. The summed E-state index contributed by atoms with van der Waals surface area (Å²) in [5, 5.41) is 0. The number of halogens is 1. The summed E-state index contributed by atoms with van der Waals surface area (Å²) in [5.74, 6) is 0.480. The number of carbonyl (C=O) groups excluding carboxylic acids is 1. The fraction of sp³-hybridized carbons (Fsp3) is 0.444. The number of amides is 1. The van der Waals surface area contributed by atoms with Gasteiger partial charge in [-0.3, -0.25) is 4.79 Å². The van der Waals surface area contributed by atoms with Crippen LogP contribution in [0.1, 0.15) is 30.0 Å². The molecule has 3 rings (SSSR count). The fourth-order valence-corrected chi connectivity index (χ4v) is 3.21. The maximum atomic E-state index is 13.8. The van der Waals surface area contributed by atoms with Gasteiger partial charge in [-0.25, -0.2) is 9.37 Å². The molecule has 0 saturated carbocycles. The molecule has 0 bridgehead atoms. The summed E-state index contributed by atoms with van der Waals surface area (Å²) in [6.45, 7) is 3.94. The van der Waals surface area contributed by atoms with Crippen LogP contribution in [0.5, 0.6) is 0 Å². The molecule has 0 spiro atoms. The second-order valence-corrected chi connectivity index (χ2v) is 6.03.